The topological polar surface area (TPSA) is 78.2 Å². The number of hydrogen-bond donors (Lipinski definition) is 1. The number of rotatable bonds is 9. The van der Waals surface area contributed by atoms with Crippen molar-refractivity contribution < 1.29 is 18.3 Å². The predicted molar refractivity (Wildman–Crippen MR) is 96.0 cm³/mol. The van der Waals surface area contributed by atoms with Gasteiger partial charge in [-0.2, -0.15) is 5.26 Å². The Labute approximate surface area is 157 Å². The summed E-state index contributed by atoms with van der Waals surface area (Å²) in [4.78, 5) is 18.5. The van der Waals surface area contributed by atoms with Gasteiger partial charge < -0.3 is 15.0 Å². The molecule has 1 atom stereocenters. The second-order valence-corrected chi connectivity index (χ2v) is 7.30. The number of amides is 1. The van der Waals surface area contributed by atoms with Gasteiger partial charge in [0.1, 0.15) is 0 Å². The highest BCUT2D eigenvalue weighted by Crippen LogP contribution is 2.35. The maximum absolute atomic E-state index is 13.3. The zero-order valence-electron chi connectivity index (χ0n) is 15.4. The summed E-state index contributed by atoms with van der Waals surface area (Å²) in [6, 6.07) is 4.99. The van der Waals surface area contributed by atoms with Crippen LogP contribution in [0.5, 0.6) is 5.88 Å². The summed E-state index contributed by atoms with van der Waals surface area (Å²) in [7, 11) is 0. The molecule has 1 saturated carbocycles. The Morgan fingerprint density at radius 2 is 2.22 bits per heavy atom. The van der Waals surface area contributed by atoms with Crippen LogP contribution in [0.2, 0.25) is 0 Å². The van der Waals surface area contributed by atoms with Crippen LogP contribution in [-0.2, 0) is 0 Å². The van der Waals surface area contributed by atoms with Crippen molar-refractivity contribution in [2.24, 2.45) is 5.92 Å². The molecule has 1 aliphatic heterocycles. The minimum atomic E-state index is -2.75. The lowest BCUT2D eigenvalue weighted by atomic mass is 10.1. The summed E-state index contributed by atoms with van der Waals surface area (Å²) in [6.07, 6.45) is 3.92. The lowest BCUT2D eigenvalue weighted by Gasteiger charge is -2.40. The number of carbonyl (C=O) groups is 1. The molecule has 0 spiro atoms. The molecule has 2 heterocycles. The van der Waals surface area contributed by atoms with Crippen LogP contribution < -0.4 is 15.0 Å². The van der Waals surface area contributed by atoms with Crippen LogP contribution in [0.15, 0.2) is 12.1 Å². The van der Waals surface area contributed by atoms with Gasteiger partial charge in [-0.05, 0) is 31.2 Å². The molecule has 0 bridgehead atoms. The van der Waals surface area contributed by atoms with Crippen molar-refractivity contribution in [3.63, 3.8) is 0 Å². The molecule has 1 aromatic rings. The molecule has 1 amide bonds. The molecule has 0 radical (unpaired) electrons. The molecular formula is C19H24F2N4O2. The molecule has 0 aromatic carbocycles. The highest BCUT2D eigenvalue weighted by Gasteiger charge is 2.45. The molecule has 1 unspecified atom stereocenters. The number of nitriles is 1. The van der Waals surface area contributed by atoms with Crippen LogP contribution in [-0.4, -0.2) is 42.6 Å². The van der Waals surface area contributed by atoms with Crippen molar-refractivity contribution >= 4 is 11.6 Å². The molecule has 1 N–H and O–H groups in total. The van der Waals surface area contributed by atoms with E-state index in [1.54, 1.807) is 12.1 Å². The molecule has 3 rings (SSSR count). The summed E-state index contributed by atoms with van der Waals surface area (Å²) in [6.45, 7) is 1.64. The van der Waals surface area contributed by atoms with Gasteiger partial charge in [0, 0.05) is 12.1 Å². The first kappa shape index (κ1) is 19.3. The van der Waals surface area contributed by atoms with E-state index in [0.717, 1.165) is 19.3 Å². The third-order valence-electron chi connectivity index (χ3n) is 4.72. The minimum Gasteiger partial charge on any atom is -0.477 e. The summed E-state index contributed by atoms with van der Waals surface area (Å²) in [5.41, 5.74) is 0.433. The van der Waals surface area contributed by atoms with Crippen LogP contribution in [0.25, 0.3) is 0 Å². The van der Waals surface area contributed by atoms with E-state index in [2.05, 4.69) is 16.4 Å². The Morgan fingerprint density at radius 1 is 1.48 bits per heavy atom. The average Bonchev–Trinajstić information content (AvgIpc) is 3.42. The predicted octanol–water partition coefficient (Wildman–Crippen LogP) is 3.14. The number of nitrogens with one attached hydrogen (secondary N) is 1. The van der Waals surface area contributed by atoms with Gasteiger partial charge in [0.05, 0.1) is 37.9 Å². The number of ether oxygens (including phenoxy) is 1. The van der Waals surface area contributed by atoms with E-state index in [1.165, 1.54) is 4.90 Å². The molecule has 2 aliphatic rings. The molecule has 27 heavy (non-hydrogen) atoms. The Morgan fingerprint density at radius 3 is 2.81 bits per heavy atom. The van der Waals surface area contributed by atoms with Gasteiger partial charge in [-0.3, -0.25) is 4.79 Å². The number of anilines is 1. The summed E-state index contributed by atoms with van der Waals surface area (Å²) >= 11 is 0. The highest BCUT2D eigenvalue weighted by molar-refractivity contribution is 5.98. The highest BCUT2D eigenvalue weighted by atomic mass is 19.3. The van der Waals surface area contributed by atoms with E-state index in [1.807, 2.05) is 6.92 Å². The van der Waals surface area contributed by atoms with E-state index in [0.29, 0.717) is 30.5 Å². The van der Waals surface area contributed by atoms with Crippen LogP contribution >= 0.6 is 0 Å². The van der Waals surface area contributed by atoms with E-state index in [4.69, 9.17) is 10.00 Å². The normalized spacial score (nSPS) is 19.0. The van der Waals surface area contributed by atoms with Crippen molar-refractivity contribution in [1.82, 2.24) is 10.3 Å². The van der Waals surface area contributed by atoms with Crippen LogP contribution in [0.1, 0.15) is 49.5 Å². The minimum absolute atomic E-state index is 0.0674. The Hall–Kier alpha value is -2.43. The van der Waals surface area contributed by atoms with E-state index < -0.39 is 24.9 Å². The van der Waals surface area contributed by atoms with E-state index in [9.17, 15) is 13.6 Å². The zero-order valence-corrected chi connectivity index (χ0v) is 15.4. The van der Waals surface area contributed by atoms with Gasteiger partial charge in [0.2, 0.25) is 5.88 Å². The van der Waals surface area contributed by atoms with E-state index in [-0.39, 0.29) is 18.2 Å². The quantitative estimate of drug-likeness (QED) is 0.714. The Balaban J connectivity index is 1.78. The standard InChI is InChI=1S/C19H24F2N4O2/c1-2-3-14(8-9-22)23-18(26)17-15(25-11-19(20,21)12-25)6-7-16(24-17)27-10-13-4-5-13/h6-7,13-14H,2-5,8,10-12H2,1H3,(H,23,26). The van der Waals surface area contributed by atoms with Gasteiger partial charge in [-0.15, -0.1) is 0 Å². The van der Waals surface area contributed by atoms with Crippen molar-refractivity contribution in [2.45, 2.75) is 51.0 Å². The average molecular weight is 378 g/mol. The maximum atomic E-state index is 13.3. The van der Waals surface area contributed by atoms with Gasteiger partial charge in [-0.1, -0.05) is 13.3 Å². The second-order valence-electron chi connectivity index (χ2n) is 7.30. The molecule has 1 saturated heterocycles. The lowest BCUT2D eigenvalue weighted by molar-refractivity contribution is -0.0263. The van der Waals surface area contributed by atoms with E-state index >= 15 is 0 Å². The largest absolute Gasteiger partial charge is 0.477 e. The second kappa shape index (κ2) is 8.07. The third kappa shape index (κ3) is 5.06. The molecule has 2 fully saturated rings. The number of halogens is 2. The Bertz CT molecular complexity index is 723. The number of hydrogen-bond acceptors (Lipinski definition) is 5. The van der Waals surface area contributed by atoms with Gasteiger partial charge in [0.15, 0.2) is 5.69 Å². The fraction of sp³-hybridized carbons (Fsp3) is 0.632. The number of aromatic nitrogens is 1. The fourth-order valence-electron chi connectivity index (χ4n) is 3.04. The third-order valence-corrected chi connectivity index (χ3v) is 4.72. The van der Waals surface area contributed by atoms with Crippen molar-refractivity contribution in [2.75, 3.05) is 24.6 Å². The van der Waals surface area contributed by atoms with Gasteiger partial charge in [0.25, 0.3) is 11.8 Å². The first-order chi connectivity index (χ1) is 12.9. The van der Waals surface area contributed by atoms with Crippen molar-refractivity contribution in [3.8, 4) is 11.9 Å². The number of pyridine rings is 1. The number of alkyl halides is 2. The monoisotopic (exact) mass is 378 g/mol. The molecule has 146 valence electrons. The molecule has 1 aliphatic carbocycles. The Kier molecular flexibility index (Phi) is 5.78. The molecular weight excluding hydrogens is 354 g/mol. The molecule has 8 heteroatoms. The van der Waals surface area contributed by atoms with Crippen LogP contribution in [0.3, 0.4) is 0 Å². The summed E-state index contributed by atoms with van der Waals surface area (Å²) < 4.78 is 32.2. The first-order valence-electron chi connectivity index (χ1n) is 9.36. The lowest BCUT2D eigenvalue weighted by Crippen LogP contribution is -2.57. The SMILES string of the molecule is CCCC(CC#N)NC(=O)c1nc(OCC2CC2)ccc1N1CC(F)(F)C1. The zero-order chi connectivity index (χ0) is 19.4. The summed E-state index contributed by atoms with van der Waals surface area (Å²) in [5, 5.41) is 11.7. The smallest absolute Gasteiger partial charge is 0.282 e. The maximum Gasteiger partial charge on any atom is 0.282 e. The molecule has 6 nitrogen and oxygen atoms in total. The fourth-order valence-corrected chi connectivity index (χ4v) is 3.04. The van der Waals surface area contributed by atoms with Crippen LogP contribution in [0, 0.1) is 17.2 Å². The number of carbonyl (C=O) groups excluding carboxylic acids is 1. The van der Waals surface area contributed by atoms with Crippen LogP contribution in [0.4, 0.5) is 14.5 Å². The van der Waals surface area contributed by atoms with Gasteiger partial charge in [-0.25, -0.2) is 13.8 Å². The van der Waals surface area contributed by atoms with Gasteiger partial charge >= 0.3 is 0 Å². The van der Waals surface area contributed by atoms with Crippen molar-refractivity contribution in [1.29, 1.82) is 5.26 Å². The first-order valence-corrected chi connectivity index (χ1v) is 9.36. The van der Waals surface area contributed by atoms with Crippen molar-refractivity contribution in [3.05, 3.63) is 17.8 Å². The molecule has 1 aromatic heterocycles. The number of nitrogens with zero attached hydrogens (tertiary/aromatic N) is 3. The summed E-state index contributed by atoms with van der Waals surface area (Å²) in [5.74, 6) is -2.37.